The Kier molecular flexibility index (Phi) is 4.05. The van der Waals surface area contributed by atoms with E-state index >= 15 is 0 Å². The summed E-state index contributed by atoms with van der Waals surface area (Å²) in [6.07, 6.45) is 0.309. The van der Waals surface area contributed by atoms with Crippen LogP contribution in [-0.2, 0) is 16.0 Å². The Morgan fingerprint density at radius 3 is 2.65 bits per heavy atom. The lowest BCUT2D eigenvalue weighted by atomic mass is 10.1. The van der Waals surface area contributed by atoms with Crippen molar-refractivity contribution >= 4 is 29.1 Å². The molecule has 3 amide bonds. The van der Waals surface area contributed by atoms with Crippen molar-refractivity contribution in [2.24, 2.45) is 0 Å². The zero-order valence-electron chi connectivity index (χ0n) is 12.3. The second-order valence-corrected chi connectivity index (χ2v) is 5.19. The molecule has 1 aliphatic heterocycles. The molecule has 3 rings (SSSR count). The molecule has 0 atom stereocenters. The van der Waals surface area contributed by atoms with Gasteiger partial charge >= 0.3 is 0 Å². The van der Waals surface area contributed by atoms with E-state index < -0.39 is 0 Å². The fourth-order valence-electron chi connectivity index (χ4n) is 2.36. The van der Waals surface area contributed by atoms with Crippen LogP contribution in [0.2, 0.25) is 0 Å². The van der Waals surface area contributed by atoms with Gasteiger partial charge in [-0.3, -0.25) is 14.4 Å². The monoisotopic (exact) mass is 309 g/mol. The van der Waals surface area contributed by atoms with Crippen molar-refractivity contribution < 1.29 is 14.4 Å². The molecule has 0 fully saturated rings. The summed E-state index contributed by atoms with van der Waals surface area (Å²) in [4.78, 5) is 35.1. The van der Waals surface area contributed by atoms with E-state index in [9.17, 15) is 14.4 Å². The molecule has 0 aliphatic carbocycles. The summed E-state index contributed by atoms with van der Waals surface area (Å²) in [5.41, 5.74) is 2.72. The Morgan fingerprint density at radius 1 is 1.09 bits per heavy atom. The molecule has 116 valence electrons. The van der Waals surface area contributed by atoms with Gasteiger partial charge in [-0.2, -0.15) is 0 Å². The smallest absolute Gasteiger partial charge is 0.251 e. The number of benzene rings is 2. The molecule has 6 nitrogen and oxygen atoms in total. The summed E-state index contributed by atoms with van der Waals surface area (Å²) >= 11 is 0. The first-order chi connectivity index (χ1) is 11.1. The summed E-state index contributed by atoms with van der Waals surface area (Å²) < 4.78 is 0. The lowest BCUT2D eigenvalue weighted by molar-refractivity contribution is -0.116. The van der Waals surface area contributed by atoms with E-state index in [-0.39, 0.29) is 24.3 Å². The quantitative estimate of drug-likeness (QED) is 0.801. The maximum Gasteiger partial charge on any atom is 0.251 e. The van der Waals surface area contributed by atoms with E-state index in [0.29, 0.717) is 17.7 Å². The summed E-state index contributed by atoms with van der Waals surface area (Å²) in [5.74, 6) is -0.686. The highest BCUT2D eigenvalue weighted by molar-refractivity contribution is 6.01. The molecule has 0 saturated heterocycles. The van der Waals surface area contributed by atoms with Crippen LogP contribution in [0.3, 0.4) is 0 Å². The number of amides is 3. The van der Waals surface area contributed by atoms with Gasteiger partial charge in [0.25, 0.3) is 5.91 Å². The SMILES string of the molecule is O=C(CNC(=O)c1ccccc1)Nc1ccc2c(c1)CC(=O)N2. The first-order valence-electron chi connectivity index (χ1n) is 7.18. The fourth-order valence-corrected chi connectivity index (χ4v) is 2.36. The molecule has 1 heterocycles. The lowest BCUT2D eigenvalue weighted by Crippen LogP contribution is -2.32. The van der Waals surface area contributed by atoms with Crippen LogP contribution in [0.4, 0.5) is 11.4 Å². The number of fused-ring (bicyclic) bond motifs is 1. The van der Waals surface area contributed by atoms with E-state index in [1.165, 1.54) is 0 Å². The molecule has 0 unspecified atom stereocenters. The second kappa shape index (κ2) is 6.31. The van der Waals surface area contributed by atoms with E-state index in [0.717, 1.165) is 11.3 Å². The number of hydrogen-bond donors (Lipinski definition) is 3. The minimum absolute atomic E-state index is 0.0569. The highest BCUT2D eigenvalue weighted by Gasteiger charge is 2.17. The van der Waals surface area contributed by atoms with Gasteiger partial charge in [0.05, 0.1) is 13.0 Å². The van der Waals surface area contributed by atoms with E-state index in [1.807, 2.05) is 6.07 Å². The van der Waals surface area contributed by atoms with Crippen LogP contribution in [0.5, 0.6) is 0 Å². The third-order valence-electron chi connectivity index (χ3n) is 3.46. The Hall–Kier alpha value is -3.15. The van der Waals surface area contributed by atoms with Crippen molar-refractivity contribution in [1.82, 2.24) is 5.32 Å². The Bertz CT molecular complexity index is 772. The molecule has 0 spiro atoms. The van der Waals surface area contributed by atoms with E-state index in [1.54, 1.807) is 42.5 Å². The van der Waals surface area contributed by atoms with Crippen LogP contribution in [-0.4, -0.2) is 24.3 Å². The molecule has 3 N–H and O–H groups in total. The van der Waals surface area contributed by atoms with Gasteiger partial charge in [-0.1, -0.05) is 18.2 Å². The van der Waals surface area contributed by atoms with Gasteiger partial charge in [0.1, 0.15) is 0 Å². The van der Waals surface area contributed by atoms with Gasteiger partial charge < -0.3 is 16.0 Å². The zero-order chi connectivity index (χ0) is 16.2. The predicted octanol–water partition coefficient (Wildman–Crippen LogP) is 1.55. The third-order valence-corrected chi connectivity index (χ3v) is 3.46. The molecule has 0 aromatic heterocycles. The van der Waals surface area contributed by atoms with Crippen LogP contribution >= 0.6 is 0 Å². The van der Waals surface area contributed by atoms with Gasteiger partial charge in [0.2, 0.25) is 11.8 Å². The third kappa shape index (κ3) is 3.55. The average Bonchev–Trinajstić information content (AvgIpc) is 2.92. The fraction of sp³-hybridized carbons (Fsp3) is 0.118. The molecule has 6 heteroatoms. The number of carbonyl (C=O) groups is 3. The highest BCUT2D eigenvalue weighted by atomic mass is 16.2. The average molecular weight is 309 g/mol. The normalized spacial score (nSPS) is 12.3. The van der Waals surface area contributed by atoms with E-state index in [4.69, 9.17) is 0 Å². The molecular weight excluding hydrogens is 294 g/mol. The van der Waals surface area contributed by atoms with Crippen molar-refractivity contribution in [3.63, 3.8) is 0 Å². The molecule has 2 aromatic carbocycles. The molecule has 23 heavy (non-hydrogen) atoms. The molecule has 2 aromatic rings. The Morgan fingerprint density at radius 2 is 1.87 bits per heavy atom. The van der Waals surface area contributed by atoms with E-state index in [2.05, 4.69) is 16.0 Å². The minimum Gasteiger partial charge on any atom is -0.343 e. The van der Waals surface area contributed by atoms with Gasteiger partial charge in [-0.25, -0.2) is 0 Å². The van der Waals surface area contributed by atoms with Crippen LogP contribution in [0.25, 0.3) is 0 Å². The number of nitrogens with one attached hydrogen (secondary N) is 3. The topological polar surface area (TPSA) is 87.3 Å². The van der Waals surface area contributed by atoms with Gasteiger partial charge in [0.15, 0.2) is 0 Å². The maximum absolute atomic E-state index is 11.9. The summed E-state index contributed by atoms with van der Waals surface area (Å²) in [6, 6.07) is 13.9. The molecule has 0 saturated carbocycles. The Labute approximate surface area is 132 Å². The molecule has 0 radical (unpaired) electrons. The minimum atomic E-state index is -0.327. The summed E-state index contributed by atoms with van der Waals surface area (Å²) in [6.45, 7) is -0.123. The van der Waals surface area contributed by atoms with Gasteiger partial charge in [-0.15, -0.1) is 0 Å². The van der Waals surface area contributed by atoms with Gasteiger partial charge in [0, 0.05) is 16.9 Å². The zero-order valence-corrected chi connectivity index (χ0v) is 12.3. The number of anilines is 2. The number of hydrogen-bond acceptors (Lipinski definition) is 3. The molecule has 0 bridgehead atoms. The van der Waals surface area contributed by atoms with Gasteiger partial charge in [-0.05, 0) is 35.9 Å². The number of carbonyl (C=O) groups excluding carboxylic acids is 3. The van der Waals surface area contributed by atoms with Crippen molar-refractivity contribution in [3.05, 3.63) is 59.7 Å². The van der Waals surface area contributed by atoms with Crippen LogP contribution in [0, 0.1) is 0 Å². The predicted molar refractivity (Wildman–Crippen MR) is 86.2 cm³/mol. The first-order valence-corrected chi connectivity index (χ1v) is 7.18. The number of rotatable bonds is 4. The highest BCUT2D eigenvalue weighted by Crippen LogP contribution is 2.25. The maximum atomic E-state index is 11.9. The van der Waals surface area contributed by atoms with Crippen molar-refractivity contribution in [2.45, 2.75) is 6.42 Å². The Balaban J connectivity index is 1.55. The first kappa shape index (κ1) is 14.8. The molecule has 1 aliphatic rings. The summed E-state index contributed by atoms with van der Waals surface area (Å²) in [7, 11) is 0. The summed E-state index contributed by atoms with van der Waals surface area (Å²) in [5, 5.41) is 7.99. The van der Waals surface area contributed by atoms with Crippen molar-refractivity contribution in [2.75, 3.05) is 17.2 Å². The molecular formula is C17H15N3O3. The second-order valence-electron chi connectivity index (χ2n) is 5.19. The van der Waals surface area contributed by atoms with Crippen molar-refractivity contribution in [3.8, 4) is 0 Å². The van der Waals surface area contributed by atoms with Crippen LogP contribution < -0.4 is 16.0 Å². The standard InChI is InChI=1S/C17H15N3O3/c21-15-9-12-8-13(6-7-14(12)20-15)19-16(22)10-18-17(23)11-4-2-1-3-5-11/h1-8H,9-10H2,(H,18,23)(H,19,22)(H,20,21). The lowest BCUT2D eigenvalue weighted by Gasteiger charge is -2.08. The van der Waals surface area contributed by atoms with Crippen LogP contribution in [0.1, 0.15) is 15.9 Å². The van der Waals surface area contributed by atoms with Crippen LogP contribution in [0.15, 0.2) is 48.5 Å². The van der Waals surface area contributed by atoms with Crippen molar-refractivity contribution in [1.29, 1.82) is 0 Å². The largest absolute Gasteiger partial charge is 0.343 e.